The Balaban J connectivity index is 1.19. The minimum absolute atomic E-state index is 0.101. The number of aromatic nitrogens is 1. The molecule has 1 aliphatic heterocycles. The van der Waals surface area contributed by atoms with Gasteiger partial charge in [0, 0.05) is 62.7 Å². The first-order chi connectivity index (χ1) is 17.6. The number of rotatable bonds is 11. The van der Waals surface area contributed by atoms with E-state index in [2.05, 4.69) is 50.8 Å². The Morgan fingerprint density at radius 3 is 2.89 bits per heavy atom. The predicted molar refractivity (Wildman–Crippen MR) is 139 cm³/mol. The molecule has 190 valence electrons. The summed E-state index contributed by atoms with van der Waals surface area (Å²) in [5.74, 6) is 0.234. The first-order valence-electron chi connectivity index (χ1n) is 12.3. The molecule has 7 nitrogen and oxygen atoms in total. The van der Waals surface area contributed by atoms with Crippen LogP contribution in [-0.2, 0) is 16.1 Å². The molecule has 0 aliphatic carbocycles. The number of methoxy groups -OCH3 is 1. The van der Waals surface area contributed by atoms with E-state index in [1.807, 2.05) is 18.2 Å². The third kappa shape index (κ3) is 7.26. The van der Waals surface area contributed by atoms with Gasteiger partial charge in [-0.25, -0.2) is 4.98 Å². The molecule has 3 aromatic rings. The number of pyridine rings is 1. The average Bonchev–Trinajstić information content (AvgIpc) is 2.93. The van der Waals surface area contributed by atoms with Gasteiger partial charge in [0.2, 0.25) is 11.9 Å². The maximum atomic E-state index is 12.8. The summed E-state index contributed by atoms with van der Waals surface area (Å²) in [6.45, 7) is 4.02. The van der Waals surface area contributed by atoms with Crippen molar-refractivity contribution < 1.29 is 18.7 Å². The van der Waals surface area contributed by atoms with Gasteiger partial charge in [0.25, 0.3) is 0 Å². The molecule has 2 heterocycles. The standard InChI is InChI=1S/C28H33FN4O3/c1-35-26-8-3-2-7-25(26)22-5-4-6-24(17-22)33-14-13-30-23(20-33)11-15-36-16-12-28(34)32-19-21-9-10-27(29)31-18-21/h2-10,17-18,23,30H,11-16,19-20H2,1H3,(H,32,34). The highest BCUT2D eigenvalue weighted by atomic mass is 19.1. The van der Waals surface area contributed by atoms with Crippen LogP contribution >= 0.6 is 0 Å². The highest BCUT2D eigenvalue weighted by Gasteiger charge is 2.20. The Labute approximate surface area is 211 Å². The van der Waals surface area contributed by atoms with Crippen molar-refractivity contribution in [3.8, 4) is 16.9 Å². The van der Waals surface area contributed by atoms with Crippen molar-refractivity contribution in [3.63, 3.8) is 0 Å². The van der Waals surface area contributed by atoms with Crippen LogP contribution in [0.25, 0.3) is 11.1 Å². The fraction of sp³-hybridized carbons (Fsp3) is 0.357. The normalized spacial score (nSPS) is 15.5. The third-order valence-corrected chi connectivity index (χ3v) is 6.25. The van der Waals surface area contributed by atoms with Crippen LogP contribution < -0.4 is 20.3 Å². The van der Waals surface area contributed by atoms with Crippen molar-refractivity contribution in [3.05, 3.63) is 78.4 Å². The van der Waals surface area contributed by atoms with Gasteiger partial charge in [0.05, 0.1) is 13.7 Å². The summed E-state index contributed by atoms with van der Waals surface area (Å²) in [5.41, 5.74) is 4.17. The van der Waals surface area contributed by atoms with Crippen LogP contribution in [-0.4, -0.2) is 56.9 Å². The van der Waals surface area contributed by atoms with Gasteiger partial charge in [0.15, 0.2) is 0 Å². The zero-order valence-corrected chi connectivity index (χ0v) is 20.6. The average molecular weight is 493 g/mol. The first-order valence-corrected chi connectivity index (χ1v) is 12.3. The molecule has 1 amide bonds. The Hall–Kier alpha value is -3.49. The molecule has 2 N–H and O–H groups in total. The van der Waals surface area contributed by atoms with Crippen molar-refractivity contribution >= 4 is 11.6 Å². The summed E-state index contributed by atoms with van der Waals surface area (Å²) in [5, 5.41) is 6.37. The topological polar surface area (TPSA) is 75.7 Å². The lowest BCUT2D eigenvalue weighted by atomic mass is 10.0. The molecule has 1 saturated heterocycles. The Morgan fingerprint density at radius 2 is 2.06 bits per heavy atom. The monoisotopic (exact) mass is 492 g/mol. The first kappa shape index (κ1) is 25.6. The molecule has 0 radical (unpaired) electrons. The van der Waals surface area contributed by atoms with Gasteiger partial charge >= 0.3 is 0 Å². The summed E-state index contributed by atoms with van der Waals surface area (Å²) in [6, 6.07) is 19.8. The lowest BCUT2D eigenvalue weighted by molar-refractivity contribution is -0.122. The van der Waals surface area contributed by atoms with Gasteiger partial charge in [-0.05, 0) is 41.8 Å². The minimum atomic E-state index is -0.532. The van der Waals surface area contributed by atoms with Crippen molar-refractivity contribution in [2.75, 3.05) is 44.9 Å². The number of halogens is 1. The second kappa shape index (κ2) is 13.0. The van der Waals surface area contributed by atoms with Crippen LogP contribution in [0.5, 0.6) is 5.75 Å². The number of nitrogens with zero attached hydrogens (tertiary/aromatic N) is 2. The SMILES string of the molecule is COc1ccccc1-c1cccc(N2CCNC(CCOCCC(=O)NCc3ccc(F)nc3)C2)c1. The van der Waals surface area contributed by atoms with Crippen molar-refractivity contribution in [2.24, 2.45) is 0 Å². The molecular weight excluding hydrogens is 459 g/mol. The van der Waals surface area contributed by atoms with Crippen LogP contribution in [0, 0.1) is 5.95 Å². The molecule has 36 heavy (non-hydrogen) atoms. The van der Waals surface area contributed by atoms with Gasteiger partial charge in [-0.2, -0.15) is 4.39 Å². The second-order valence-corrected chi connectivity index (χ2v) is 8.76. The molecule has 1 atom stereocenters. The number of nitrogens with one attached hydrogen (secondary N) is 2. The molecule has 2 aromatic carbocycles. The van der Waals surface area contributed by atoms with Gasteiger partial charge in [-0.3, -0.25) is 4.79 Å². The van der Waals surface area contributed by atoms with E-state index >= 15 is 0 Å². The second-order valence-electron chi connectivity index (χ2n) is 8.76. The summed E-state index contributed by atoms with van der Waals surface area (Å²) in [7, 11) is 1.70. The number of para-hydroxylation sites is 1. The molecular formula is C28H33FN4O3. The minimum Gasteiger partial charge on any atom is -0.496 e. The van der Waals surface area contributed by atoms with Gasteiger partial charge in [-0.1, -0.05) is 36.4 Å². The fourth-order valence-electron chi connectivity index (χ4n) is 4.30. The molecule has 1 unspecified atom stereocenters. The number of amides is 1. The predicted octanol–water partition coefficient (Wildman–Crippen LogP) is 3.79. The van der Waals surface area contributed by atoms with E-state index in [9.17, 15) is 9.18 Å². The highest BCUT2D eigenvalue weighted by molar-refractivity contribution is 5.76. The summed E-state index contributed by atoms with van der Waals surface area (Å²) < 4.78 is 24.1. The zero-order valence-electron chi connectivity index (χ0n) is 20.6. The Kier molecular flexibility index (Phi) is 9.24. The number of ether oxygens (including phenoxy) is 2. The molecule has 4 rings (SSSR count). The van der Waals surface area contributed by atoms with Gasteiger partial charge < -0.3 is 25.0 Å². The number of benzene rings is 2. The van der Waals surface area contributed by atoms with E-state index in [0.717, 1.165) is 48.5 Å². The maximum Gasteiger partial charge on any atom is 0.222 e. The van der Waals surface area contributed by atoms with Crippen molar-refractivity contribution in [1.29, 1.82) is 0 Å². The van der Waals surface area contributed by atoms with Gasteiger partial charge in [-0.15, -0.1) is 0 Å². The van der Waals surface area contributed by atoms with Crippen LogP contribution in [0.2, 0.25) is 0 Å². The quantitative estimate of drug-likeness (QED) is 0.313. The number of anilines is 1. The lowest BCUT2D eigenvalue weighted by Crippen LogP contribution is -2.51. The van der Waals surface area contributed by atoms with Crippen LogP contribution in [0.1, 0.15) is 18.4 Å². The van der Waals surface area contributed by atoms with E-state index in [4.69, 9.17) is 9.47 Å². The zero-order chi connectivity index (χ0) is 25.2. The Morgan fingerprint density at radius 1 is 1.17 bits per heavy atom. The number of hydrogen-bond acceptors (Lipinski definition) is 6. The smallest absolute Gasteiger partial charge is 0.222 e. The molecule has 1 aliphatic rings. The van der Waals surface area contributed by atoms with E-state index in [1.54, 1.807) is 13.2 Å². The lowest BCUT2D eigenvalue weighted by Gasteiger charge is -2.35. The summed E-state index contributed by atoms with van der Waals surface area (Å²) >= 11 is 0. The molecule has 8 heteroatoms. The summed E-state index contributed by atoms with van der Waals surface area (Å²) in [4.78, 5) is 18.0. The third-order valence-electron chi connectivity index (χ3n) is 6.25. The van der Waals surface area contributed by atoms with E-state index in [-0.39, 0.29) is 12.3 Å². The van der Waals surface area contributed by atoms with E-state index in [0.29, 0.717) is 25.8 Å². The van der Waals surface area contributed by atoms with Crippen LogP contribution in [0.15, 0.2) is 66.9 Å². The molecule has 1 aromatic heterocycles. The van der Waals surface area contributed by atoms with Gasteiger partial charge in [0.1, 0.15) is 5.75 Å². The molecule has 1 fully saturated rings. The Bertz CT molecular complexity index is 1130. The highest BCUT2D eigenvalue weighted by Crippen LogP contribution is 2.32. The van der Waals surface area contributed by atoms with Crippen LogP contribution in [0.3, 0.4) is 0 Å². The number of piperazine rings is 1. The number of carbonyl (C=O) groups is 1. The van der Waals surface area contributed by atoms with Crippen molar-refractivity contribution in [2.45, 2.75) is 25.4 Å². The number of hydrogen-bond donors (Lipinski definition) is 2. The van der Waals surface area contributed by atoms with Crippen LogP contribution in [0.4, 0.5) is 10.1 Å². The molecule has 0 saturated carbocycles. The van der Waals surface area contributed by atoms with E-state index < -0.39 is 5.95 Å². The van der Waals surface area contributed by atoms with E-state index in [1.165, 1.54) is 18.0 Å². The molecule has 0 spiro atoms. The summed E-state index contributed by atoms with van der Waals surface area (Å²) in [6.07, 6.45) is 2.57. The fourth-order valence-corrected chi connectivity index (χ4v) is 4.30. The van der Waals surface area contributed by atoms with Crippen molar-refractivity contribution in [1.82, 2.24) is 15.6 Å². The molecule has 0 bridgehead atoms. The maximum absolute atomic E-state index is 12.8. The largest absolute Gasteiger partial charge is 0.496 e. The number of carbonyl (C=O) groups excluding carboxylic acids is 1.